The molecule has 4 aromatic carbocycles. The maximum atomic E-state index is 2.31. The molecule has 4 aromatic rings. The van der Waals surface area contributed by atoms with E-state index in [1.165, 1.54) is 21.2 Å². The summed E-state index contributed by atoms with van der Waals surface area (Å²) < 4.78 is 0. The Bertz CT molecular complexity index is 865. The van der Waals surface area contributed by atoms with E-state index >= 15 is 0 Å². The maximum absolute atomic E-state index is 2.31. The van der Waals surface area contributed by atoms with Gasteiger partial charge >= 0.3 is 16.8 Å². The summed E-state index contributed by atoms with van der Waals surface area (Å²) in [5.41, 5.74) is 1.36. The molecule has 0 aliphatic heterocycles. The molecule has 5 heteroatoms. The maximum Gasteiger partial charge on any atom is 2.00 e. The fourth-order valence-corrected chi connectivity index (χ4v) is 8.80. The zero-order chi connectivity index (χ0) is 22.8. The summed E-state index contributed by atoms with van der Waals surface area (Å²) in [6, 6.07) is 43.4. The molecule has 187 valence electrons. The van der Waals surface area contributed by atoms with E-state index in [9.17, 15) is 0 Å². The topological polar surface area (TPSA) is 0 Å². The Morgan fingerprint density at radius 1 is 0.371 bits per heavy atom. The predicted molar refractivity (Wildman–Crippen MR) is 148 cm³/mol. The zero-order valence-electron chi connectivity index (χ0n) is 20.7. The number of hydrogen-bond donors (Lipinski definition) is 0. The van der Waals surface area contributed by atoms with E-state index in [1.54, 1.807) is 0 Å². The molecule has 0 saturated carbocycles. The summed E-state index contributed by atoms with van der Waals surface area (Å²) in [4.78, 5) is 0. The Labute approximate surface area is 246 Å². The molecule has 1 radical (unpaired) electrons. The second kappa shape index (κ2) is 18.5. The minimum atomic E-state index is -0.210. The zero-order valence-corrected chi connectivity index (χ0v) is 26.7. The van der Waals surface area contributed by atoms with Gasteiger partial charge in [0.1, 0.15) is 0 Å². The molecule has 0 spiro atoms. The molecule has 0 aromatic heterocycles. The minimum absolute atomic E-state index is 0. The fourth-order valence-electron chi connectivity index (χ4n) is 3.85. The quantitative estimate of drug-likeness (QED) is 0.269. The van der Waals surface area contributed by atoms with Crippen LogP contribution in [-0.4, -0.2) is 11.3 Å². The Morgan fingerprint density at radius 2 is 0.543 bits per heavy atom. The molecule has 35 heavy (non-hydrogen) atoms. The summed E-state index contributed by atoms with van der Waals surface area (Å²) in [6.07, 6.45) is 0. The van der Waals surface area contributed by atoms with Gasteiger partial charge in [-0.1, -0.05) is 149 Å². The van der Waals surface area contributed by atoms with Gasteiger partial charge in [-0.25, -0.2) is 0 Å². The Kier molecular flexibility index (Phi) is 18.0. The second-order valence-corrected chi connectivity index (χ2v) is 13.9. The van der Waals surface area contributed by atoms with Crippen LogP contribution in [0.4, 0.5) is 0 Å². The standard InChI is InChI=1S/2C15H17P.2BrH.Co/c2*1-13(2)16(14-9-5-3-6-10-14)15-11-7-4-8-12-15;;;/h2*3-13H,1-2H3;2*1H;/q;;;;+2/p-2. The summed E-state index contributed by atoms with van der Waals surface area (Å²) in [5, 5.41) is 5.88. The van der Waals surface area contributed by atoms with Crippen LogP contribution in [0.5, 0.6) is 0 Å². The van der Waals surface area contributed by atoms with Crippen LogP contribution >= 0.6 is 15.8 Å². The van der Waals surface area contributed by atoms with E-state index in [-0.39, 0.29) is 66.6 Å². The molecule has 0 bridgehead atoms. The van der Waals surface area contributed by atoms with Gasteiger partial charge < -0.3 is 34.0 Å². The first-order chi connectivity index (χ1) is 15.6. The van der Waals surface area contributed by atoms with Gasteiger partial charge in [-0.3, -0.25) is 0 Å². The van der Waals surface area contributed by atoms with E-state index in [2.05, 4.69) is 149 Å². The summed E-state index contributed by atoms with van der Waals surface area (Å²) in [6.45, 7) is 9.24. The van der Waals surface area contributed by atoms with E-state index in [4.69, 9.17) is 0 Å². The predicted octanol–water partition coefficient (Wildman–Crippen LogP) is 1.06. The third kappa shape index (κ3) is 10.6. The first kappa shape index (κ1) is 34.2. The van der Waals surface area contributed by atoms with Crippen LogP contribution in [0.2, 0.25) is 0 Å². The van der Waals surface area contributed by atoms with Crippen LogP contribution in [-0.2, 0) is 16.8 Å². The number of rotatable bonds is 6. The normalized spacial score (nSPS) is 10.1. The van der Waals surface area contributed by atoms with Crippen LogP contribution in [0.3, 0.4) is 0 Å². The van der Waals surface area contributed by atoms with Gasteiger partial charge in [0, 0.05) is 0 Å². The number of benzene rings is 4. The van der Waals surface area contributed by atoms with Crippen molar-refractivity contribution in [2.24, 2.45) is 0 Å². The molecule has 0 N–H and O–H groups in total. The molecule has 0 fully saturated rings. The van der Waals surface area contributed by atoms with Crippen molar-refractivity contribution < 1.29 is 50.7 Å². The third-order valence-corrected chi connectivity index (χ3v) is 10.7. The van der Waals surface area contributed by atoms with Gasteiger partial charge in [-0.15, -0.1) is 0 Å². The smallest absolute Gasteiger partial charge is 1.00 e. The first-order valence-corrected chi connectivity index (χ1v) is 14.2. The largest absolute Gasteiger partial charge is 2.00 e. The van der Waals surface area contributed by atoms with Crippen molar-refractivity contribution in [3.8, 4) is 0 Å². The summed E-state index contributed by atoms with van der Waals surface area (Å²) in [5.74, 6) is 0. The fraction of sp³-hybridized carbons (Fsp3) is 0.200. The third-order valence-electron chi connectivity index (χ3n) is 5.17. The van der Waals surface area contributed by atoms with Gasteiger partial charge in [0.05, 0.1) is 0 Å². The average molecular weight is 675 g/mol. The molecule has 0 nitrogen and oxygen atoms in total. The molecule has 0 aliphatic carbocycles. The van der Waals surface area contributed by atoms with Crippen molar-refractivity contribution >= 4 is 37.1 Å². The molecule has 0 heterocycles. The van der Waals surface area contributed by atoms with Crippen molar-refractivity contribution in [3.63, 3.8) is 0 Å². The van der Waals surface area contributed by atoms with Crippen molar-refractivity contribution in [1.29, 1.82) is 0 Å². The van der Waals surface area contributed by atoms with Crippen molar-refractivity contribution in [2.75, 3.05) is 0 Å². The van der Waals surface area contributed by atoms with Crippen LogP contribution in [0, 0.1) is 0 Å². The first-order valence-electron chi connectivity index (χ1n) is 11.4. The average Bonchev–Trinajstić information content (AvgIpc) is 2.82. The number of hydrogen-bond acceptors (Lipinski definition) is 0. The molecule has 0 amide bonds. The van der Waals surface area contributed by atoms with Crippen molar-refractivity contribution in [2.45, 2.75) is 39.0 Å². The Morgan fingerprint density at radius 3 is 0.686 bits per heavy atom. The van der Waals surface area contributed by atoms with Gasteiger partial charge in [-0.05, 0) is 48.4 Å². The van der Waals surface area contributed by atoms with E-state index in [0.717, 1.165) is 0 Å². The minimum Gasteiger partial charge on any atom is -1.00 e. The molecule has 0 atom stereocenters. The molecule has 0 unspecified atom stereocenters. The summed E-state index contributed by atoms with van der Waals surface area (Å²) >= 11 is 0. The Hall–Kier alpha value is -0.794. The SMILES string of the molecule is CC(C)P(c1ccccc1)c1ccccc1.CC(C)P(c1ccccc1)c1ccccc1.[Br-].[Br-].[Co+2]. The van der Waals surface area contributed by atoms with Crippen molar-refractivity contribution in [3.05, 3.63) is 121 Å². The van der Waals surface area contributed by atoms with Crippen molar-refractivity contribution in [1.82, 2.24) is 0 Å². The van der Waals surface area contributed by atoms with Crippen LogP contribution < -0.4 is 55.2 Å². The monoisotopic (exact) mass is 673 g/mol. The van der Waals surface area contributed by atoms with Gasteiger partial charge in [0.2, 0.25) is 0 Å². The van der Waals surface area contributed by atoms with E-state index < -0.39 is 0 Å². The Balaban J connectivity index is 0.000000608. The van der Waals surface area contributed by atoms with E-state index in [1.807, 2.05) is 0 Å². The second-order valence-electron chi connectivity index (χ2n) is 8.27. The van der Waals surface area contributed by atoms with Crippen LogP contribution in [0.15, 0.2) is 121 Å². The van der Waals surface area contributed by atoms with Crippen LogP contribution in [0.1, 0.15) is 27.7 Å². The molecular weight excluding hydrogens is 641 g/mol. The molecular formula is C30H34Br2CoP2. The van der Waals surface area contributed by atoms with Gasteiger partial charge in [0.15, 0.2) is 0 Å². The molecule has 4 rings (SSSR count). The van der Waals surface area contributed by atoms with Gasteiger partial charge in [-0.2, -0.15) is 0 Å². The van der Waals surface area contributed by atoms with Gasteiger partial charge in [0.25, 0.3) is 0 Å². The molecule has 0 saturated heterocycles. The number of halogens is 2. The summed E-state index contributed by atoms with van der Waals surface area (Å²) in [7, 11) is -0.420. The molecule has 0 aliphatic rings. The van der Waals surface area contributed by atoms with E-state index in [0.29, 0.717) is 11.3 Å². The van der Waals surface area contributed by atoms with Crippen LogP contribution in [0.25, 0.3) is 0 Å².